The molecule has 0 bridgehead atoms. The number of benzene rings is 2. The quantitative estimate of drug-likeness (QED) is 0.447. The second-order valence-electron chi connectivity index (χ2n) is 11.1. The number of methoxy groups -OCH3 is 1. The summed E-state index contributed by atoms with van der Waals surface area (Å²) in [5.74, 6) is 0.767. The van der Waals surface area contributed by atoms with Crippen molar-refractivity contribution in [3.05, 3.63) is 65.9 Å². The maximum Gasteiger partial charge on any atom is 0.410 e. The van der Waals surface area contributed by atoms with Gasteiger partial charge in [-0.05, 0) is 62.9 Å². The van der Waals surface area contributed by atoms with Gasteiger partial charge in [-0.3, -0.25) is 4.79 Å². The van der Waals surface area contributed by atoms with Gasteiger partial charge in [-0.1, -0.05) is 30.3 Å². The minimum atomic E-state index is -0.693. The number of aromatic nitrogens is 1. The molecule has 2 fully saturated rings. The fourth-order valence-electron chi connectivity index (χ4n) is 4.98. The van der Waals surface area contributed by atoms with Crippen molar-refractivity contribution >= 4 is 22.9 Å². The lowest BCUT2D eigenvalue weighted by Crippen LogP contribution is -2.53. The van der Waals surface area contributed by atoms with Crippen LogP contribution in [0.15, 0.2) is 54.7 Å². The van der Waals surface area contributed by atoms with Crippen molar-refractivity contribution in [1.82, 2.24) is 14.4 Å². The summed E-state index contributed by atoms with van der Waals surface area (Å²) in [6.45, 7) is 7.66. The largest absolute Gasteiger partial charge is 0.497 e. The molecule has 1 unspecified atom stereocenters. The minimum absolute atomic E-state index is 0.0645. The average Bonchev–Trinajstić information content (AvgIpc) is 3.69. The fraction of sp³-hybridized carbons (Fsp3) is 0.467. The molecule has 1 saturated heterocycles. The van der Waals surface area contributed by atoms with Crippen molar-refractivity contribution in [3.8, 4) is 5.75 Å². The lowest BCUT2D eigenvalue weighted by Gasteiger charge is -2.35. The van der Waals surface area contributed by atoms with Crippen molar-refractivity contribution in [2.75, 3.05) is 26.8 Å². The molecule has 202 valence electrons. The number of fused-ring (bicyclic) bond motifs is 1. The number of para-hydroxylation sites is 1. The summed E-state index contributed by atoms with van der Waals surface area (Å²) in [7, 11) is 1.68. The van der Waals surface area contributed by atoms with Gasteiger partial charge in [0.25, 0.3) is 5.91 Å². The number of morpholine rings is 1. The summed E-state index contributed by atoms with van der Waals surface area (Å²) in [6.07, 6.45) is 3.02. The normalized spacial score (nSPS) is 17.9. The summed E-state index contributed by atoms with van der Waals surface area (Å²) in [6, 6.07) is 16.6. The Kier molecular flexibility index (Phi) is 7.34. The number of rotatable bonds is 7. The fourth-order valence-corrected chi connectivity index (χ4v) is 4.98. The number of ether oxygens (including phenoxy) is 3. The molecular weight excluding hydrogens is 482 g/mol. The molecule has 8 heteroatoms. The molecule has 0 radical (unpaired) electrons. The smallest absolute Gasteiger partial charge is 0.410 e. The number of carbonyl (C=O) groups excluding carboxylic acids is 2. The average molecular weight is 520 g/mol. The highest BCUT2D eigenvalue weighted by Gasteiger charge is 2.39. The third kappa shape index (κ3) is 5.96. The van der Waals surface area contributed by atoms with Crippen LogP contribution in [0.3, 0.4) is 0 Å². The number of hydrogen-bond acceptors (Lipinski definition) is 5. The van der Waals surface area contributed by atoms with E-state index in [-0.39, 0.29) is 18.5 Å². The van der Waals surface area contributed by atoms with Crippen LogP contribution < -0.4 is 4.74 Å². The minimum Gasteiger partial charge on any atom is -0.497 e. The van der Waals surface area contributed by atoms with Gasteiger partial charge in [0.2, 0.25) is 0 Å². The number of nitrogens with zero attached hydrogens (tertiary/aromatic N) is 3. The van der Waals surface area contributed by atoms with Crippen molar-refractivity contribution in [1.29, 1.82) is 0 Å². The molecule has 1 aromatic heterocycles. The molecule has 0 spiro atoms. The van der Waals surface area contributed by atoms with Crippen molar-refractivity contribution in [3.63, 3.8) is 0 Å². The number of carbonyl (C=O) groups is 2. The summed E-state index contributed by atoms with van der Waals surface area (Å²) in [5.41, 5.74) is 2.78. The Labute approximate surface area is 224 Å². The van der Waals surface area contributed by atoms with E-state index >= 15 is 0 Å². The van der Waals surface area contributed by atoms with E-state index < -0.39 is 17.8 Å². The van der Waals surface area contributed by atoms with E-state index in [4.69, 9.17) is 14.2 Å². The molecule has 1 aliphatic heterocycles. The zero-order valence-electron chi connectivity index (χ0n) is 22.7. The van der Waals surface area contributed by atoms with Crippen LogP contribution in [0.4, 0.5) is 4.79 Å². The van der Waals surface area contributed by atoms with E-state index in [9.17, 15) is 9.59 Å². The molecule has 3 aromatic rings. The van der Waals surface area contributed by atoms with Crippen LogP contribution in [0.1, 0.15) is 44.7 Å². The van der Waals surface area contributed by atoms with Gasteiger partial charge in [-0.15, -0.1) is 0 Å². The predicted octanol–water partition coefficient (Wildman–Crippen LogP) is 4.83. The first kappa shape index (κ1) is 26.1. The van der Waals surface area contributed by atoms with Gasteiger partial charge < -0.3 is 28.6 Å². The maximum absolute atomic E-state index is 13.7. The molecule has 1 atom stereocenters. The molecule has 2 aliphatic rings. The van der Waals surface area contributed by atoms with Gasteiger partial charge in [0, 0.05) is 42.8 Å². The van der Waals surface area contributed by atoms with E-state index in [2.05, 4.69) is 29.0 Å². The monoisotopic (exact) mass is 519 g/mol. The first-order valence-corrected chi connectivity index (χ1v) is 13.3. The molecule has 1 saturated carbocycles. The molecule has 2 heterocycles. The Hall–Kier alpha value is -3.52. The number of hydrogen-bond donors (Lipinski definition) is 0. The zero-order chi connectivity index (χ0) is 26.9. The van der Waals surface area contributed by atoms with Crippen LogP contribution in [-0.2, 0) is 27.4 Å². The first-order valence-electron chi connectivity index (χ1n) is 13.3. The van der Waals surface area contributed by atoms with Crippen LogP contribution in [0, 0.1) is 0 Å². The van der Waals surface area contributed by atoms with Crippen LogP contribution >= 0.6 is 0 Å². The standard InChI is InChI=1S/C30H37N3O5/c1-30(2,3)38-29(35)31-14-15-37-27(20-31)28(34)33(23-12-13-23)19-22-18-32(26-11-6-5-10-25(22)26)17-21-8-7-9-24(16-21)36-4/h5-11,16,18,23,27H,12-15,17,19-20H2,1-4H3. The second kappa shape index (κ2) is 10.7. The SMILES string of the molecule is COc1cccc(Cn2cc(CN(C(=O)C3CN(C(=O)OC(C)(C)C)CCO3)C3CC3)c3ccccc32)c1. The molecule has 1 aliphatic carbocycles. The van der Waals surface area contributed by atoms with Crippen molar-refractivity contribution < 1.29 is 23.8 Å². The van der Waals surface area contributed by atoms with E-state index in [1.54, 1.807) is 12.0 Å². The molecule has 38 heavy (non-hydrogen) atoms. The maximum atomic E-state index is 13.7. The van der Waals surface area contributed by atoms with E-state index in [1.165, 1.54) is 0 Å². The van der Waals surface area contributed by atoms with E-state index in [1.807, 2.05) is 56.0 Å². The van der Waals surface area contributed by atoms with Gasteiger partial charge in [0.05, 0.1) is 20.3 Å². The summed E-state index contributed by atoms with van der Waals surface area (Å²) in [5, 5.41) is 1.13. The molecule has 2 aromatic carbocycles. The van der Waals surface area contributed by atoms with Crippen LogP contribution in [0.2, 0.25) is 0 Å². The van der Waals surface area contributed by atoms with Gasteiger partial charge in [-0.25, -0.2) is 4.79 Å². The van der Waals surface area contributed by atoms with Crippen LogP contribution in [-0.4, -0.2) is 70.9 Å². The Morgan fingerprint density at radius 3 is 2.63 bits per heavy atom. The molecule has 8 nitrogen and oxygen atoms in total. The number of amides is 2. The molecule has 0 N–H and O–H groups in total. The summed E-state index contributed by atoms with van der Waals surface area (Å²) >= 11 is 0. The van der Waals surface area contributed by atoms with Crippen LogP contribution in [0.5, 0.6) is 5.75 Å². The Balaban J connectivity index is 1.35. The van der Waals surface area contributed by atoms with Crippen LogP contribution in [0.25, 0.3) is 10.9 Å². The zero-order valence-corrected chi connectivity index (χ0v) is 22.7. The predicted molar refractivity (Wildman–Crippen MR) is 145 cm³/mol. The Morgan fingerprint density at radius 2 is 1.89 bits per heavy atom. The lowest BCUT2D eigenvalue weighted by molar-refractivity contribution is -0.150. The highest BCUT2D eigenvalue weighted by Crippen LogP contribution is 2.32. The molecular formula is C30H37N3O5. The Morgan fingerprint density at radius 1 is 1.11 bits per heavy atom. The molecule has 5 rings (SSSR count). The third-order valence-electron chi connectivity index (χ3n) is 6.96. The van der Waals surface area contributed by atoms with Crippen molar-refractivity contribution in [2.24, 2.45) is 0 Å². The topological polar surface area (TPSA) is 73.2 Å². The van der Waals surface area contributed by atoms with Gasteiger partial charge in [-0.2, -0.15) is 0 Å². The highest BCUT2D eigenvalue weighted by atomic mass is 16.6. The van der Waals surface area contributed by atoms with E-state index in [0.717, 1.165) is 40.6 Å². The van der Waals surface area contributed by atoms with Gasteiger partial charge in [0.15, 0.2) is 6.10 Å². The van der Waals surface area contributed by atoms with Crippen molar-refractivity contribution in [2.45, 2.75) is 64.4 Å². The lowest BCUT2D eigenvalue weighted by atomic mass is 10.1. The Bertz CT molecular complexity index is 1310. The van der Waals surface area contributed by atoms with E-state index in [0.29, 0.717) is 26.2 Å². The summed E-state index contributed by atoms with van der Waals surface area (Å²) in [4.78, 5) is 29.9. The second-order valence-corrected chi connectivity index (χ2v) is 11.1. The summed E-state index contributed by atoms with van der Waals surface area (Å²) < 4.78 is 19.1. The van der Waals surface area contributed by atoms with Gasteiger partial charge >= 0.3 is 6.09 Å². The highest BCUT2D eigenvalue weighted by molar-refractivity contribution is 5.86. The van der Waals surface area contributed by atoms with Gasteiger partial charge in [0.1, 0.15) is 11.4 Å². The third-order valence-corrected chi connectivity index (χ3v) is 6.96. The first-order chi connectivity index (χ1) is 18.2. The molecule has 2 amide bonds.